The Morgan fingerprint density at radius 1 is 0.886 bits per heavy atom. The SMILES string of the molecule is CO/N=C(\C(=O)NC1C(=O)N2C(C(=O)OCc3ccc(OC)cc3)=C(CSc3cc(=O)c4cc(F)c(F)c(F)c4s3)CS(=O)[C@H]12)c1csc(NC(c2ccccc2)(c2ccccc2)c2ccccc2)n1. The zero-order valence-electron chi connectivity index (χ0n) is 36.9. The monoisotopic (exact) mass is 1020 g/mol. The number of thiazole rings is 1. The number of nitrogens with one attached hydrogen (secondary N) is 2. The van der Waals surface area contributed by atoms with E-state index in [1.807, 2.05) is 91.0 Å². The standard InChI is InChI=1S/C50H38F3N5O8S4/c1-64-33-20-18-28(19-21-33)24-66-48(62)43-29(25-67-38-23-37(59)34-22-35(51)39(52)40(53)44(34)69-38)27-70(63)47-42(46(61)58(43)47)55-45(60)41(57-65-2)36-26-68-49(54-36)56-50(30-12-6-3-7-13-30,31-14-8-4-9-15-31)32-16-10-5-11-17-32/h3-23,26,42,47H,24-25,27H2,1-2H3,(H,54,56)(H,55,60)/b57-41-/t42?,47-,70?/m1/s1. The molecule has 13 nitrogen and oxygen atoms in total. The Morgan fingerprint density at radius 3 is 2.11 bits per heavy atom. The lowest BCUT2D eigenvalue weighted by Crippen LogP contribution is -2.74. The Hall–Kier alpha value is -7.13. The van der Waals surface area contributed by atoms with Crippen molar-refractivity contribution < 1.29 is 46.1 Å². The van der Waals surface area contributed by atoms with Crippen LogP contribution in [0, 0.1) is 17.5 Å². The number of ether oxygens (including phenoxy) is 2. The minimum Gasteiger partial charge on any atom is -0.497 e. The molecule has 9 rings (SSSR count). The van der Waals surface area contributed by atoms with Crippen LogP contribution >= 0.6 is 34.4 Å². The molecule has 2 aromatic heterocycles. The van der Waals surface area contributed by atoms with E-state index in [0.717, 1.165) is 39.4 Å². The second-order valence-electron chi connectivity index (χ2n) is 15.7. The molecular weight excluding hydrogens is 984 g/mol. The summed E-state index contributed by atoms with van der Waals surface area (Å²) in [5, 5.41) is 10.7. The third-order valence-electron chi connectivity index (χ3n) is 11.5. The predicted octanol–water partition coefficient (Wildman–Crippen LogP) is 8.10. The lowest BCUT2D eigenvalue weighted by Gasteiger charge is -2.49. The second kappa shape index (κ2) is 20.5. The highest BCUT2D eigenvalue weighted by Gasteiger charge is 2.57. The van der Waals surface area contributed by atoms with Gasteiger partial charge in [-0.2, -0.15) is 0 Å². The van der Waals surface area contributed by atoms with Gasteiger partial charge < -0.3 is 24.9 Å². The van der Waals surface area contributed by atoms with E-state index in [0.29, 0.717) is 33.8 Å². The van der Waals surface area contributed by atoms with E-state index in [2.05, 4.69) is 15.8 Å². The average molecular weight is 1020 g/mol. The summed E-state index contributed by atoms with van der Waals surface area (Å²) in [7, 11) is 0.818. The number of oxime groups is 1. The summed E-state index contributed by atoms with van der Waals surface area (Å²) >= 11 is 2.83. The Bertz CT molecular complexity index is 3190. The van der Waals surface area contributed by atoms with Gasteiger partial charge in [0, 0.05) is 22.6 Å². The Balaban J connectivity index is 0.987. The van der Waals surface area contributed by atoms with E-state index in [-0.39, 0.29) is 50.4 Å². The number of thioether (sulfide) groups is 1. The lowest BCUT2D eigenvalue weighted by atomic mass is 9.77. The number of methoxy groups -OCH3 is 1. The van der Waals surface area contributed by atoms with E-state index in [4.69, 9.17) is 19.3 Å². The van der Waals surface area contributed by atoms with Crippen molar-refractivity contribution in [1.82, 2.24) is 15.2 Å². The van der Waals surface area contributed by atoms with Crippen molar-refractivity contribution in [2.75, 3.05) is 31.0 Å². The maximum absolute atomic E-state index is 14.8. The molecule has 0 spiro atoms. The van der Waals surface area contributed by atoms with Gasteiger partial charge in [-0.1, -0.05) is 108 Å². The third-order valence-corrected chi connectivity index (χ3v) is 16.3. The summed E-state index contributed by atoms with van der Waals surface area (Å²) in [5.41, 5.74) is 1.39. The molecule has 2 N–H and O–H groups in total. The van der Waals surface area contributed by atoms with Crippen molar-refractivity contribution in [3.05, 3.63) is 200 Å². The number of rotatable bonds is 16. The number of hydrogen-bond donors (Lipinski definition) is 2. The van der Waals surface area contributed by atoms with Crippen molar-refractivity contribution in [3.63, 3.8) is 0 Å². The quantitative estimate of drug-likeness (QED) is 0.0183. The van der Waals surface area contributed by atoms with Gasteiger partial charge in [-0.15, -0.1) is 34.4 Å². The minimum atomic E-state index is -1.93. The normalized spacial score (nSPS) is 16.9. The van der Waals surface area contributed by atoms with Gasteiger partial charge in [0.1, 0.15) is 47.8 Å². The summed E-state index contributed by atoms with van der Waals surface area (Å²) in [4.78, 5) is 66.3. The first-order valence-corrected chi connectivity index (χ1v) is 25.3. The molecule has 2 unspecified atom stereocenters. The summed E-state index contributed by atoms with van der Waals surface area (Å²) < 4.78 is 67.8. The van der Waals surface area contributed by atoms with Crippen molar-refractivity contribution in [1.29, 1.82) is 0 Å². The molecule has 1 saturated heterocycles. The molecule has 1 fully saturated rings. The molecular formula is C50H38F3N5O8S4. The van der Waals surface area contributed by atoms with E-state index in [1.54, 1.807) is 29.6 Å². The smallest absolute Gasteiger partial charge is 0.355 e. The van der Waals surface area contributed by atoms with Crippen molar-refractivity contribution in [2.24, 2.45) is 5.16 Å². The molecule has 4 heterocycles. The molecule has 356 valence electrons. The zero-order valence-corrected chi connectivity index (χ0v) is 40.1. The first kappa shape index (κ1) is 47.9. The van der Waals surface area contributed by atoms with Crippen LogP contribution < -0.4 is 20.8 Å². The number of benzene rings is 5. The van der Waals surface area contributed by atoms with Gasteiger partial charge in [-0.05, 0) is 46.0 Å². The van der Waals surface area contributed by atoms with E-state index in [9.17, 15) is 36.6 Å². The maximum Gasteiger partial charge on any atom is 0.355 e. The van der Waals surface area contributed by atoms with Gasteiger partial charge in [0.15, 0.2) is 33.7 Å². The van der Waals surface area contributed by atoms with Crippen LogP contribution in [0.15, 0.2) is 158 Å². The molecule has 3 atom stereocenters. The highest BCUT2D eigenvalue weighted by molar-refractivity contribution is 8.01. The summed E-state index contributed by atoms with van der Waals surface area (Å²) in [6, 6.07) is 36.6. The molecule has 70 heavy (non-hydrogen) atoms. The Morgan fingerprint density at radius 2 is 1.51 bits per heavy atom. The van der Waals surface area contributed by atoms with Gasteiger partial charge in [0.25, 0.3) is 11.8 Å². The van der Waals surface area contributed by atoms with E-state index >= 15 is 0 Å². The first-order valence-electron chi connectivity index (χ1n) is 21.2. The van der Waals surface area contributed by atoms with Crippen LogP contribution in [-0.4, -0.2) is 74.7 Å². The fourth-order valence-corrected chi connectivity index (χ4v) is 13.0. The van der Waals surface area contributed by atoms with Gasteiger partial charge in [0.05, 0.1) is 32.6 Å². The molecule has 7 aromatic rings. The number of amides is 2. The van der Waals surface area contributed by atoms with Gasteiger partial charge in [-0.25, -0.2) is 22.9 Å². The average Bonchev–Trinajstić information content (AvgIpc) is 3.85. The number of halogens is 3. The van der Waals surface area contributed by atoms with E-state index in [1.165, 1.54) is 25.6 Å². The molecule has 0 radical (unpaired) electrons. The number of anilines is 1. The first-order chi connectivity index (χ1) is 33.9. The van der Waals surface area contributed by atoms with Crippen LogP contribution in [0.4, 0.5) is 18.3 Å². The van der Waals surface area contributed by atoms with Crippen LogP contribution in [0.3, 0.4) is 0 Å². The second-order valence-corrected chi connectivity index (χ2v) is 20.4. The highest BCUT2D eigenvalue weighted by Crippen LogP contribution is 2.42. The number of esters is 1. The molecule has 2 aliphatic heterocycles. The fourth-order valence-electron chi connectivity index (χ4n) is 8.18. The predicted molar refractivity (Wildman–Crippen MR) is 263 cm³/mol. The van der Waals surface area contributed by atoms with Crippen molar-refractivity contribution in [2.45, 2.75) is 27.8 Å². The van der Waals surface area contributed by atoms with E-state index < -0.39 is 73.1 Å². The molecule has 5 aromatic carbocycles. The van der Waals surface area contributed by atoms with Gasteiger partial charge >= 0.3 is 5.97 Å². The topological polar surface area (TPSA) is 166 Å². The summed E-state index contributed by atoms with van der Waals surface area (Å²) in [6.45, 7) is -0.221. The van der Waals surface area contributed by atoms with Crippen LogP contribution in [0.25, 0.3) is 10.1 Å². The number of fused-ring (bicyclic) bond motifs is 2. The van der Waals surface area contributed by atoms with Crippen LogP contribution in [0.2, 0.25) is 0 Å². The molecule has 0 aliphatic carbocycles. The summed E-state index contributed by atoms with van der Waals surface area (Å²) in [5.74, 6) is -7.22. The fraction of sp³-hybridized carbons (Fsp3) is 0.160. The molecule has 0 saturated carbocycles. The molecule has 2 aliphatic rings. The van der Waals surface area contributed by atoms with Crippen LogP contribution in [0.5, 0.6) is 5.75 Å². The maximum atomic E-state index is 14.8. The molecule has 0 bridgehead atoms. The number of carbonyl (C=O) groups is 3. The van der Waals surface area contributed by atoms with Crippen LogP contribution in [-0.2, 0) is 46.9 Å². The zero-order chi connectivity index (χ0) is 49.1. The highest BCUT2D eigenvalue weighted by atomic mass is 32.2. The Kier molecular flexibility index (Phi) is 14.0. The molecule has 20 heteroatoms. The Labute approximate surface area is 412 Å². The van der Waals surface area contributed by atoms with Gasteiger partial charge in [0.2, 0.25) is 0 Å². The molecule has 2 amide bonds. The number of nitrogens with zero attached hydrogens (tertiary/aromatic N) is 3. The number of hydrogen-bond acceptors (Lipinski definition) is 14. The van der Waals surface area contributed by atoms with Gasteiger partial charge in [-0.3, -0.25) is 23.5 Å². The number of β-lactam (4-membered cyclic amide) rings is 1. The third kappa shape index (κ3) is 9.22. The van der Waals surface area contributed by atoms with Crippen LogP contribution in [0.1, 0.15) is 27.9 Å². The number of carbonyl (C=O) groups excluding carboxylic acids is 3. The lowest BCUT2D eigenvalue weighted by molar-refractivity contribution is -0.153. The summed E-state index contributed by atoms with van der Waals surface area (Å²) in [6.07, 6.45) is 0. The minimum absolute atomic E-state index is 0.106. The largest absolute Gasteiger partial charge is 0.497 e. The number of aromatic nitrogens is 1. The van der Waals surface area contributed by atoms with Crippen molar-refractivity contribution >= 4 is 83.9 Å². The van der Waals surface area contributed by atoms with Crippen molar-refractivity contribution in [3.8, 4) is 5.75 Å².